The lowest BCUT2D eigenvalue weighted by atomic mass is 9.64. The minimum atomic E-state index is 0.0672. The topological polar surface area (TPSA) is 9.23 Å². The Balaban J connectivity index is 1.90. The Bertz CT molecular complexity index is 423. The average molecular weight is 276 g/mol. The quantitative estimate of drug-likeness (QED) is 0.643. The highest BCUT2D eigenvalue weighted by atomic mass is 16.5. The molecule has 1 heteroatoms. The van der Waals surface area contributed by atoms with Crippen LogP contribution in [0, 0.1) is 28.6 Å². The maximum atomic E-state index is 6.40. The molecule has 0 aliphatic heterocycles. The van der Waals surface area contributed by atoms with Gasteiger partial charge in [-0.05, 0) is 74.5 Å². The second-order valence-corrected chi connectivity index (χ2v) is 8.90. The van der Waals surface area contributed by atoms with E-state index in [-0.39, 0.29) is 5.60 Å². The van der Waals surface area contributed by atoms with Crippen molar-refractivity contribution < 1.29 is 4.74 Å². The molecule has 20 heavy (non-hydrogen) atoms. The molecule has 5 unspecified atom stereocenters. The van der Waals surface area contributed by atoms with Crippen LogP contribution in [-0.4, -0.2) is 12.2 Å². The number of hydrogen-bond donors (Lipinski definition) is 0. The van der Waals surface area contributed by atoms with E-state index in [9.17, 15) is 0 Å². The Morgan fingerprint density at radius 2 is 1.85 bits per heavy atom. The predicted octanol–water partition coefficient (Wildman–Crippen LogP) is 5.21. The molecule has 0 aromatic carbocycles. The van der Waals surface area contributed by atoms with E-state index in [2.05, 4.69) is 41.2 Å². The van der Waals surface area contributed by atoms with Crippen molar-refractivity contribution in [2.24, 2.45) is 28.6 Å². The van der Waals surface area contributed by atoms with E-state index in [4.69, 9.17) is 4.74 Å². The average Bonchev–Trinajstić information content (AvgIpc) is 2.78. The molecule has 0 amide bonds. The summed E-state index contributed by atoms with van der Waals surface area (Å²) in [5, 5.41) is 0. The number of rotatable bonds is 3. The van der Waals surface area contributed by atoms with Crippen LogP contribution in [0.3, 0.4) is 0 Å². The van der Waals surface area contributed by atoms with Gasteiger partial charge in [-0.3, -0.25) is 0 Å². The minimum absolute atomic E-state index is 0.0672. The summed E-state index contributed by atoms with van der Waals surface area (Å²) in [5.41, 5.74) is 2.29. The summed E-state index contributed by atoms with van der Waals surface area (Å²) in [5.74, 6) is 2.56. The summed E-state index contributed by atoms with van der Waals surface area (Å²) in [7, 11) is 0. The van der Waals surface area contributed by atoms with Gasteiger partial charge in [-0.1, -0.05) is 32.9 Å². The van der Waals surface area contributed by atoms with E-state index < -0.39 is 0 Å². The van der Waals surface area contributed by atoms with Crippen molar-refractivity contribution in [1.82, 2.24) is 0 Å². The standard InChI is InChI=1S/C19H32O/c1-13(2)12-20-18(6)9-10-19-11-16(18)17(4,5)15(19)8-7-14(19)3/h14-16H,1,7-12H2,2-6H3. The molecular weight excluding hydrogens is 244 g/mol. The van der Waals surface area contributed by atoms with Gasteiger partial charge in [0.1, 0.15) is 0 Å². The summed E-state index contributed by atoms with van der Waals surface area (Å²) < 4.78 is 6.40. The van der Waals surface area contributed by atoms with Gasteiger partial charge in [0.15, 0.2) is 0 Å². The molecule has 3 rings (SSSR count). The fraction of sp³-hybridized carbons (Fsp3) is 0.895. The lowest BCUT2D eigenvalue weighted by Gasteiger charge is -2.47. The van der Waals surface area contributed by atoms with Crippen molar-refractivity contribution in [2.75, 3.05) is 6.61 Å². The molecule has 0 N–H and O–H groups in total. The fourth-order valence-corrected chi connectivity index (χ4v) is 6.32. The lowest BCUT2D eigenvalue weighted by molar-refractivity contribution is -0.115. The van der Waals surface area contributed by atoms with Gasteiger partial charge >= 0.3 is 0 Å². The van der Waals surface area contributed by atoms with Crippen molar-refractivity contribution in [3.8, 4) is 0 Å². The molecule has 0 heterocycles. The van der Waals surface area contributed by atoms with Crippen LogP contribution in [0.15, 0.2) is 12.2 Å². The van der Waals surface area contributed by atoms with Crippen LogP contribution in [0.4, 0.5) is 0 Å². The van der Waals surface area contributed by atoms with Gasteiger partial charge < -0.3 is 4.74 Å². The van der Waals surface area contributed by atoms with E-state index in [1.165, 1.54) is 32.1 Å². The van der Waals surface area contributed by atoms with E-state index in [1.807, 2.05) is 0 Å². The minimum Gasteiger partial charge on any atom is -0.371 e. The number of ether oxygens (including phenoxy) is 1. The van der Waals surface area contributed by atoms with Crippen LogP contribution in [-0.2, 0) is 4.74 Å². The second-order valence-electron chi connectivity index (χ2n) is 8.90. The van der Waals surface area contributed by atoms with Gasteiger partial charge in [-0.25, -0.2) is 0 Å². The molecular formula is C19H32O. The third-order valence-corrected chi connectivity index (χ3v) is 7.42. The SMILES string of the molecule is C=C(C)COC1(C)CCC23CC1C(C)(C)C2CCC3C. The molecule has 3 fully saturated rings. The Hall–Kier alpha value is -0.300. The van der Waals surface area contributed by atoms with Crippen LogP contribution < -0.4 is 0 Å². The third-order valence-electron chi connectivity index (χ3n) is 7.42. The Morgan fingerprint density at radius 1 is 1.15 bits per heavy atom. The van der Waals surface area contributed by atoms with E-state index in [1.54, 1.807) is 0 Å². The first kappa shape index (κ1) is 14.6. The molecule has 0 aromatic rings. The Morgan fingerprint density at radius 3 is 2.50 bits per heavy atom. The maximum absolute atomic E-state index is 6.40. The van der Waals surface area contributed by atoms with E-state index >= 15 is 0 Å². The number of fused-ring (bicyclic) bond motifs is 1. The zero-order valence-corrected chi connectivity index (χ0v) is 14.1. The van der Waals surface area contributed by atoms with Gasteiger partial charge in [0.25, 0.3) is 0 Å². The van der Waals surface area contributed by atoms with E-state index in [0.717, 1.165) is 29.9 Å². The van der Waals surface area contributed by atoms with Crippen molar-refractivity contribution in [2.45, 2.75) is 72.3 Å². The summed E-state index contributed by atoms with van der Waals surface area (Å²) >= 11 is 0. The van der Waals surface area contributed by atoms with Gasteiger partial charge in [-0.15, -0.1) is 0 Å². The molecule has 0 aromatic heterocycles. The van der Waals surface area contributed by atoms with Crippen LogP contribution in [0.5, 0.6) is 0 Å². The van der Waals surface area contributed by atoms with Crippen LogP contribution in [0.2, 0.25) is 0 Å². The highest BCUT2D eigenvalue weighted by Gasteiger charge is 2.68. The number of hydrogen-bond acceptors (Lipinski definition) is 1. The van der Waals surface area contributed by atoms with Crippen LogP contribution >= 0.6 is 0 Å². The molecule has 3 aliphatic rings. The predicted molar refractivity (Wildman–Crippen MR) is 84.6 cm³/mol. The molecule has 1 spiro atoms. The largest absolute Gasteiger partial charge is 0.371 e. The summed E-state index contributed by atoms with van der Waals surface area (Å²) in [6.07, 6.45) is 6.92. The zero-order valence-electron chi connectivity index (χ0n) is 14.1. The second kappa shape index (κ2) is 4.35. The highest BCUT2D eigenvalue weighted by Crippen LogP contribution is 2.73. The van der Waals surface area contributed by atoms with Crippen molar-refractivity contribution in [3.05, 3.63) is 12.2 Å². The van der Waals surface area contributed by atoms with Crippen molar-refractivity contribution >= 4 is 0 Å². The highest BCUT2D eigenvalue weighted by molar-refractivity contribution is 5.17. The molecule has 3 aliphatic carbocycles. The fourth-order valence-electron chi connectivity index (χ4n) is 6.32. The molecule has 3 saturated carbocycles. The Labute approximate surface area is 125 Å². The van der Waals surface area contributed by atoms with Crippen molar-refractivity contribution in [3.63, 3.8) is 0 Å². The van der Waals surface area contributed by atoms with Crippen molar-refractivity contribution in [1.29, 1.82) is 0 Å². The van der Waals surface area contributed by atoms with Gasteiger partial charge in [0, 0.05) is 0 Å². The third kappa shape index (κ3) is 1.78. The normalized spacial score (nSPS) is 49.1. The molecule has 0 radical (unpaired) electrons. The lowest BCUT2D eigenvalue weighted by Crippen LogP contribution is -2.46. The first-order chi connectivity index (χ1) is 9.22. The molecule has 0 saturated heterocycles. The monoisotopic (exact) mass is 276 g/mol. The van der Waals surface area contributed by atoms with Gasteiger partial charge in [0.2, 0.25) is 0 Å². The Kier molecular flexibility index (Phi) is 3.18. The van der Waals surface area contributed by atoms with Crippen LogP contribution in [0.25, 0.3) is 0 Å². The smallest absolute Gasteiger partial charge is 0.0692 e. The molecule has 2 bridgehead atoms. The van der Waals surface area contributed by atoms with Gasteiger partial charge in [-0.2, -0.15) is 0 Å². The molecule has 114 valence electrons. The zero-order chi connectivity index (χ0) is 14.8. The first-order valence-corrected chi connectivity index (χ1v) is 8.51. The summed E-state index contributed by atoms with van der Waals surface area (Å²) in [6.45, 7) is 16.8. The summed E-state index contributed by atoms with van der Waals surface area (Å²) in [4.78, 5) is 0. The van der Waals surface area contributed by atoms with E-state index in [0.29, 0.717) is 10.8 Å². The summed E-state index contributed by atoms with van der Waals surface area (Å²) in [6, 6.07) is 0. The first-order valence-electron chi connectivity index (χ1n) is 8.51. The maximum Gasteiger partial charge on any atom is 0.0692 e. The van der Waals surface area contributed by atoms with Crippen LogP contribution in [0.1, 0.15) is 66.7 Å². The molecule has 1 nitrogen and oxygen atoms in total. The molecule has 5 atom stereocenters. The van der Waals surface area contributed by atoms with Gasteiger partial charge in [0.05, 0.1) is 12.2 Å².